The third-order valence-corrected chi connectivity index (χ3v) is 4.76. The molecule has 0 radical (unpaired) electrons. The van der Waals surface area contributed by atoms with E-state index in [0.29, 0.717) is 16.3 Å². The van der Waals surface area contributed by atoms with Crippen LogP contribution in [0.3, 0.4) is 0 Å². The van der Waals surface area contributed by atoms with E-state index in [1.54, 1.807) is 37.3 Å². The lowest BCUT2D eigenvalue weighted by Crippen LogP contribution is -1.99. The average molecular weight is 386 g/mol. The molecule has 138 valence electrons. The first-order chi connectivity index (χ1) is 12.7. The predicted octanol–water partition coefficient (Wildman–Crippen LogP) is 4.21. The molecule has 0 heterocycles. The van der Waals surface area contributed by atoms with E-state index in [1.165, 1.54) is 18.2 Å². The van der Waals surface area contributed by atoms with E-state index >= 15 is 0 Å². The SMILES string of the molecule is Cc1ccc(/N=N/c2c(O)c(C(=O)O)cc3ccccc23)c(S(=O)(=O)O)c1. The highest BCUT2D eigenvalue weighted by Crippen LogP contribution is 2.39. The Bertz CT molecular complexity index is 1200. The minimum absolute atomic E-state index is 0.118. The van der Waals surface area contributed by atoms with Crippen molar-refractivity contribution in [2.75, 3.05) is 0 Å². The molecule has 0 aromatic heterocycles. The molecule has 8 nitrogen and oxygen atoms in total. The predicted molar refractivity (Wildman–Crippen MR) is 97.7 cm³/mol. The number of hydrogen-bond donors (Lipinski definition) is 3. The van der Waals surface area contributed by atoms with Gasteiger partial charge in [0.25, 0.3) is 10.1 Å². The number of carboxylic acid groups (broad SMARTS) is 1. The standard InChI is InChI=1S/C18H14N2O6S/c1-10-6-7-14(15(8-10)27(24,25)26)19-20-16-12-5-3-2-4-11(12)9-13(17(16)21)18(22)23/h2-9,21H,1H3,(H,22,23)(H,24,25,26)/b20-19+. The molecule has 0 aliphatic rings. The van der Waals surface area contributed by atoms with E-state index in [2.05, 4.69) is 10.2 Å². The lowest BCUT2D eigenvalue weighted by molar-refractivity contribution is 0.0694. The number of nitrogens with zero attached hydrogens (tertiary/aromatic N) is 2. The minimum Gasteiger partial charge on any atom is -0.505 e. The third-order valence-electron chi connectivity index (χ3n) is 3.88. The first-order valence-electron chi connectivity index (χ1n) is 7.66. The highest BCUT2D eigenvalue weighted by molar-refractivity contribution is 7.86. The Morgan fingerprint density at radius 3 is 2.41 bits per heavy atom. The number of aryl methyl sites for hydroxylation is 1. The largest absolute Gasteiger partial charge is 0.505 e. The number of phenols is 1. The summed E-state index contributed by atoms with van der Waals surface area (Å²) >= 11 is 0. The van der Waals surface area contributed by atoms with Crippen molar-refractivity contribution in [2.24, 2.45) is 10.2 Å². The molecule has 0 saturated carbocycles. The molecule has 3 rings (SSSR count). The van der Waals surface area contributed by atoms with Crippen LogP contribution in [-0.2, 0) is 10.1 Å². The summed E-state index contributed by atoms with van der Waals surface area (Å²) in [5.74, 6) is -1.94. The summed E-state index contributed by atoms with van der Waals surface area (Å²) in [6.07, 6.45) is 0. The van der Waals surface area contributed by atoms with E-state index < -0.39 is 26.7 Å². The van der Waals surface area contributed by atoms with Crippen LogP contribution in [0.15, 0.2) is 63.7 Å². The summed E-state index contributed by atoms with van der Waals surface area (Å²) < 4.78 is 32.5. The first-order valence-corrected chi connectivity index (χ1v) is 9.10. The van der Waals surface area contributed by atoms with Gasteiger partial charge in [-0.1, -0.05) is 30.3 Å². The van der Waals surface area contributed by atoms with E-state index in [0.717, 1.165) is 0 Å². The van der Waals surface area contributed by atoms with Gasteiger partial charge in [-0.3, -0.25) is 4.55 Å². The molecule has 0 aliphatic carbocycles. The molecule has 27 heavy (non-hydrogen) atoms. The van der Waals surface area contributed by atoms with E-state index in [1.807, 2.05) is 0 Å². The van der Waals surface area contributed by atoms with Gasteiger partial charge in [0.2, 0.25) is 0 Å². The van der Waals surface area contributed by atoms with Gasteiger partial charge < -0.3 is 10.2 Å². The van der Waals surface area contributed by atoms with Crippen LogP contribution >= 0.6 is 0 Å². The Morgan fingerprint density at radius 2 is 1.74 bits per heavy atom. The van der Waals surface area contributed by atoms with Gasteiger partial charge in [0.15, 0.2) is 5.75 Å². The summed E-state index contributed by atoms with van der Waals surface area (Å²) in [7, 11) is -4.54. The van der Waals surface area contributed by atoms with E-state index in [9.17, 15) is 28.0 Å². The average Bonchev–Trinajstić information content (AvgIpc) is 2.60. The smallest absolute Gasteiger partial charge is 0.339 e. The zero-order valence-electron chi connectivity index (χ0n) is 14.0. The van der Waals surface area contributed by atoms with Gasteiger partial charge >= 0.3 is 5.97 Å². The van der Waals surface area contributed by atoms with Crippen LogP contribution in [0.1, 0.15) is 15.9 Å². The lowest BCUT2D eigenvalue weighted by Gasteiger charge is -2.08. The van der Waals surface area contributed by atoms with Crippen molar-refractivity contribution in [3.63, 3.8) is 0 Å². The van der Waals surface area contributed by atoms with Gasteiger partial charge in [-0.2, -0.15) is 8.42 Å². The number of fused-ring (bicyclic) bond motifs is 1. The highest BCUT2D eigenvalue weighted by Gasteiger charge is 2.19. The number of carboxylic acids is 1. The second-order valence-corrected chi connectivity index (χ2v) is 7.18. The third kappa shape index (κ3) is 3.64. The van der Waals surface area contributed by atoms with Gasteiger partial charge in [-0.15, -0.1) is 10.2 Å². The maximum atomic E-state index is 11.6. The Balaban J connectivity index is 2.24. The molecule has 0 bridgehead atoms. The Hall–Kier alpha value is -3.30. The molecule has 3 aromatic carbocycles. The summed E-state index contributed by atoms with van der Waals surface area (Å²) in [5, 5.41) is 28.2. The van der Waals surface area contributed by atoms with Crippen molar-refractivity contribution in [2.45, 2.75) is 11.8 Å². The molecule has 0 aliphatic heterocycles. The maximum absolute atomic E-state index is 11.6. The number of hydrogen-bond acceptors (Lipinski definition) is 6. The number of aromatic carboxylic acids is 1. The molecular formula is C18H14N2O6S. The number of carbonyl (C=O) groups is 1. The van der Waals surface area contributed by atoms with Gasteiger partial charge in [-0.25, -0.2) is 4.79 Å². The molecule has 0 unspecified atom stereocenters. The monoisotopic (exact) mass is 386 g/mol. The summed E-state index contributed by atoms with van der Waals surface area (Å²) in [4.78, 5) is 10.9. The molecule has 0 amide bonds. The van der Waals surface area contributed by atoms with E-state index in [-0.39, 0.29) is 16.9 Å². The molecule has 3 aromatic rings. The van der Waals surface area contributed by atoms with Gasteiger partial charge in [0.1, 0.15) is 21.8 Å². The molecule has 0 fully saturated rings. The molecular weight excluding hydrogens is 372 g/mol. The topological polar surface area (TPSA) is 137 Å². The second kappa shape index (κ2) is 6.78. The Morgan fingerprint density at radius 1 is 1.04 bits per heavy atom. The summed E-state index contributed by atoms with van der Waals surface area (Å²) in [6.45, 7) is 1.64. The number of aromatic hydroxyl groups is 1. The van der Waals surface area contributed by atoms with Crippen molar-refractivity contribution in [3.05, 3.63) is 59.7 Å². The zero-order chi connectivity index (χ0) is 19.8. The van der Waals surface area contributed by atoms with Crippen molar-refractivity contribution >= 4 is 38.2 Å². The second-order valence-electron chi connectivity index (χ2n) is 5.79. The summed E-state index contributed by atoms with van der Waals surface area (Å²) in [5.41, 5.74) is -0.0380. The highest BCUT2D eigenvalue weighted by atomic mass is 32.2. The fourth-order valence-electron chi connectivity index (χ4n) is 2.60. The Labute approximate surface area is 154 Å². The van der Waals surface area contributed by atoms with Crippen LogP contribution in [0.5, 0.6) is 5.75 Å². The maximum Gasteiger partial charge on any atom is 0.339 e. The summed E-state index contributed by atoms with van der Waals surface area (Å²) in [6, 6.07) is 12.1. The van der Waals surface area contributed by atoms with Crippen molar-refractivity contribution < 1.29 is 28.0 Å². The van der Waals surface area contributed by atoms with Crippen LogP contribution in [0, 0.1) is 6.92 Å². The van der Waals surface area contributed by atoms with E-state index in [4.69, 9.17) is 0 Å². The lowest BCUT2D eigenvalue weighted by atomic mass is 10.0. The molecule has 0 spiro atoms. The quantitative estimate of drug-likeness (QED) is 0.454. The normalized spacial score (nSPS) is 11.9. The van der Waals surface area contributed by atoms with Crippen LogP contribution in [0.4, 0.5) is 11.4 Å². The van der Waals surface area contributed by atoms with Crippen LogP contribution in [-0.4, -0.2) is 29.2 Å². The van der Waals surface area contributed by atoms with Crippen LogP contribution in [0.25, 0.3) is 10.8 Å². The zero-order valence-corrected chi connectivity index (χ0v) is 14.8. The van der Waals surface area contributed by atoms with Crippen molar-refractivity contribution in [1.82, 2.24) is 0 Å². The fraction of sp³-hybridized carbons (Fsp3) is 0.0556. The van der Waals surface area contributed by atoms with Crippen molar-refractivity contribution in [3.8, 4) is 5.75 Å². The molecule has 0 saturated heterocycles. The molecule has 9 heteroatoms. The fourth-order valence-corrected chi connectivity index (χ4v) is 3.30. The van der Waals surface area contributed by atoms with Gasteiger partial charge in [0.05, 0.1) is 0 Å². The van der Waals surface area contributed by atoms with Crippen LogP contribution in [0.2, 0.25) is 0 Å². The van der Waals surface area contributed by atoms with Gasteiger partial charge in [-0.05, 0) is 36.1 Å². The Kier molecular flexibility index (Phi) is 4.64. The molecule has 3 N–H and O–H groups in total. The number of azo groups is 1. The van der Waals surface area contributed by atoms with Crippen LogP contribution < -0.4 is 0 Å². The number of benzene rings is 3. The van der Waals surface area contributed by atoms with Crippen molar-refractivity contribution in [1.29, 1.82) is 0 Å². The number of rotatable bonds is 4. The minimum atomic E-state index is -4.54. The molecule has 0 atom stereocenters. The van der Waals surface area contributed by atoms with Gasteiger partial charge in [0, 0.05) is 5.39 Å². The first kappa shape index (κ1) is 18.5.